The molecule has 0 aromatic carbocycles. The summed E-state index contributed by atoms with van der Waals surface area (Å²) in [5.41, 5.74) is 0. The van der Waals surface area contributed by atoms with Crippen LogP contribution in [0.25, 0.3) is 0 Å². The molecule has 13 heavy (non-hydrogen) atoms. The Morgan fingerprint density at radius 1 is 1.46 bits per heavy atom. The molecule has 74 valence electrons. The van der Waals surface area contributed by atoms with Crippen molar-refractivity contribution >= 4 is 22.9 Å². The van der Waals surface area contributed by atoms with Crippen LogP contribution in [0.2, 0.25) is 4.34 Å². The third kappa shape index (κ3) is 3.29. The Morgan fingerprint density at radius 2 is 2.15 bits per heavy atom. The zero-order chi connectivity index (χ0) is 9.84. The highest BCUT2D eigenvalue weighted by molar-refractivity contribution is 7.16. The number of thiophene rings is 1. The number of hydrogen-bond acceptors (Lipinski definition) is 2. The minimum Gasteiger partial charge on any atom is -0.307 e. The van der Waals surface area contributed by atoms with Crippen molar-refractivity contribution in [2.24, 2.45) is 0 Å². The van der Waals surface area contributed by atoms with E-state index in [0.717, 1.165) is 10.8 Å². The maximum Gasteiger partial charge on any atom is 0.0931 e. The van der Waals surface area contributed by atoms with E-state index in [0.29, 0.717) is 12.1 Å². The zero-order valence-corrected chi connectivity index (χ0v) is 9.88. The van der Waals surface area contributed by atoms with Crippen molar-refractivity contribution in [3.63, 3.8) is 0 Å². The van der Waals surface area contributed by atoms with Gasteiger partial charge in [-0.2, -0.15) is 0 Å². The summed E-state index contributed by atoms with van der Waals surface area (Å²) < 4.78 is 0.874. The van der Waals surface area contributed by atoms with Crippen molar-refractivity contribution in [3.05, 3.63) is 21.3 Å². The lowest BCUT2D eigenvalue weighted by Gasteiger charge is -2.18. The number of nitrogens with one attached hydrogen (secondary N) is 1. The molecule has 3 heteroatoms. The van der Waals surface area contributed by atoms with E-state index >= 15 is 0 Å². The quantitative estimate of drug-likeness (QED) is 0.808. The lowest BCUT2D eigenvalue weighted by molar-refractivity contribution is 0.472. The minimum absolute atomic E-state index is 0.456. The van der Waals surface area contributed by atoms with E-state index in [2.05, 4.69) is 32.2 Å². The van der Waals surface area contributed by atoms with Gasteiger partial charge in [-0.3, -0.25) is 0 Å². The maximum absolute atomic E-state index is 5.89. The van der Waals surface area contributed by atoms with Crippen LogP contribution >= 0.6 is 22.9 Å². The summed E-state index contributed by atoms with van der Waals surface area (Å²) in [7, 11) is 0. The predicted octanol–water partition coefficient (Wildman–Crippen LogP) is 3.85. The van der Waals surface area contributed by atoms with Gasteiger partial charge in [0.05, 0.1) is 4.34 Å². The van der Waals surface area contributed by atoms with Gasteiger partial charge in [-0.15, -0.1) is 11.3 Å². The second-order valence-electron chi connectivity index (χ2n) is 3.42. The SMILES string of the molecule is CCC(NC(C)C)c1ccc(Cl)s1. The second kappa shape index (κ2) is 4.99. The highest BCUT2D eigenvalue weighted by Crippen LogP contribution is 2.28. The summed E-state index contributed by atoms with van der Waals surface area (Å²) in [6, 6.07) is 5.05. The van der Waals surface area contributed by atoms with Crippen LogP contribution in [-0.2, 0) is 0 Å². The Labute approximate surface area is 89.1 Å². The molecule has 0 amide bonds. The van der Waals surface area contributed by atoms with E-state index in [-0.39, 0.29) is 0 Å². The monoisotopic (exact) mass is 217 g/mol. The van der Waals surface area contributed by atoms with Crippen LogP contribution in [0, 0.1) is 0 Å². The van der Waals surface area contributed by atoms with Gasteiger partial charge >= 0.3 is 0 Å². The van der Waals surface area contributed by atoms with Crippen LogP contribution in [0.4, 0.5) is 0 Å². The van der Waals surface area contributed by atoms with Crippen molar-refractivity contribution in [3.8, 4) is 0 Å². The first-order chi connectivity index (χ1) is 6.13. The summed E-state index contributed by atoms with van der Waals surface area (Å²) in [4.78, 5) is 1.33. The lowest BCUT2D eigenvalue weighted by Crippen LogP contribution is -2.26. The summed E-state index contributed by atoms with van der Waals surface area (Å²) >= 11 is 7.55. The zero-order valence-electron chi connectivity index (χ0n) is 8.30. The fraction of sp³-hybridized carbons (Fsp3) is 0.600. The fourth-order valence-electron chi connectivity index (χ4n) is 1.32. The summed E-state index contributed by atoms with van der Waals surface area (Å²) in [6.45, 7) is 6.52. The smallest absolute Gasteiger partial charge is 0.0931 e. The molecule has 0 aliphatic heterocycles. The van der Waals surface area contributed by atoms with Gasteiger partial charge in [0.25, 0.3) is 0 Å². The van der Waals surface area contributed by atoms with Crippen molar-refractivity contribution in [1.29, 1.82) is 0 Å². The minimum atomic E-state index is 0.456. The molecule has 1 aromatic rings. The molecule has 0 fully saturated rings. The first kappa shape index (κ1) is 11.0. The normalized spacial score (nSPS) is 13.6. The molecule has 1 N–H and O–H groups in total. The van der Waals surface area contributed by atoms with Gasteiger partial charge in [-0.05, 0) is 18.6 Å². The Kier molecular flexibility index (Phi) is 4.23. The first-order valence-corrected chi connectivity index (χ1v) is 5.84. The van der Waals surface area contributed by atoms with E-state index < -0.39 is 0 Å². The van der Waals surface area contributed by atoms with Crippen LogP contribution in [0.3, 0.4) is 0 Å². The van der Waals surface area contributed by atoms with Crippen LogP contribution in [-0.4, -0.2) is 6.04 Å². The van der Waals surface area contributed by atoms with Crippen molar-refractivity contribution in [2.45, 2.75) is 39.3 Å². The van der Waals surface area contributed by atoms with Gasteiger partial charge in [0.15, 0.2) is 0 Å². The molecule has 1 nitrogen and oxygen atoms in total. The van der Waals surface area contributed by atoms with Gasteiger partial charge in [-0.25, -0.2) is 0 Å². The van der Waals surface area contributed by atoms with E-state index in [4.69, 9.17) is 11.6 Å². The second-order valence-corrected chi connectivity index (χ2v) is 5.17. The van der Waals surface area contributed by atoms with Crippen LogP contribution < -0.4 is 5.32 Å². The van der Waals surface area contributed by atoms with Gasteiger partial charge < -0.3 is 5.32 Å². The molecule has 0 aliphatic rings. The highest BCUT2D eigenvalue weighted by Gasteiger charge is 2.11. The van der Waals surface area contributed by atoms with Gasteiger partial charge in [0.2, 0.25) is 0 Å². The molecule has 0 saturated carbocycles. The molecular formula is C10H16ClNS. The first-order valence-electron chi connectivity index (χ1n) is 4.64. The molecule has 0 saturated heterocycles. The molecule has 0 bridgehead atoms. The van der Waals surface area contributed by atoms with E-state index in [9.17, 15) is 0 Å². The predicted molar refractivity (Wildman–Crippen MR) is 60.6 cm³/mol. The average Bonchev–Trinajstić information content (AvgIpc) is 2.47. The molecule has 1 unspecified atom stereocenters. The topological polar surface area (TPSA) is 12.0 Å². The standard InChI is InChI=1S/C10H16ClNS/c1-4-8(12-7(2)3)9-5-6-10(11)13-9/h5-8,12H,4H2,1-3H3. The van der Waals surface area contributed by atoms with Crippen molar-refractivity contribution < 1.29 is 0 Å². The highest BCUT2D eigenvalue weighted by atomic mass is 35.5. The third-order valence-electron chi connectivity index (χ3n) is 1.88. The van der Waals surface area contributed by atoms with Crippen LogP contribution in [0.1, 0.15) is 38.1 Å². The van der Waals surface area contributed by atoms with Crippen LogP contribution in [0.5, 0.6) is 0 Å². The molecule has 1 heterocycles. The summed E-state index contributed by atoms with van der Waals surface area (Å²) in [6.07, 6.45) is 1.11. The van der Waals surface area contributed by atoms with Gasteiger partial charge in [-0.1, -0.05) is 32.4 Å². The largest absolute Gasteiger partial charge is 0.307 e. The lowest BCUT2D eigenvalue weighted by atomic mass is 10.1. The number of rotatable bonds is 4. The van der Waals surface area contributed by atoms with Gasteiger partial charge in [0.1, 0.15) is 0 Å². The van der Waals surface area contributed by atoms with E-state index in [1.54, 1.807) is 11.3 Å². The molecule has 1 aromatic heterocycles. The summed E-state index contributed by atoms with van der Waals surface area (Å²) in [5, 5.41) is 3.51. The van der Waals surface area contributed by atoms with Gasteiger partial charge in [0, 0.05) is 17.0 Å². The number of hydrogen-bond donors (Lipinski definition) is 1. The Morgan fingerprint density at radius 3 is 2.54 bits per heavy atom. The van der Waals surface area contributed by atoms with E-state index in [1.165, 1.54) is 4.88 Å². The molecule has 1 rings (SSSR count). The van der Waals surface area contributed by atoms with E-state index in [1.807, 2.05) is 6.07 Å². The van der Waals surface area contributed by atoms with Crippen LogP contribution in [0.15, 0.2) is 12.1 Å². The summed E-state index contributed by atoms with van der Waals surface area (Å²) in [5.74, 6) is 0. The van der Waals surface area contributed by atoms with Crippen molar-refractivity contribution in [1.82, 2.24) is 5.32 Å². The third-order valence-corrected chi connectivity index (χ3v) is 3.23. The molecule has 0 aliphatic carbocycles. The molecule has 0 spiro atoms. The Balaban J connectivity index is 2.66. The Hall–Kier alpha value is -0.0500. The van der Waals surface area contributed by atoms with Crippen molar-refractivity contribution in [2.75, 3.05) is 0 Å². The molecule has 0 radical (unpaired) electrons. The number of halogens is 1. The molecular weight excluding hydrogens is 202 g/mol. The fourth-order valence-corrected chi connectivity index (χ4v) is 2.52. The maximum atomic E-state index is 5.89. The molecule has 1 atom stereocenters. The average molecular weight is 218 g/mol. The Bertz CT molecular complexity index is 257.